The molecule has 63 heavy (non-hydrogen) atoms. The molecule has 3 aromatic heterocycles. The number of allylic oxidation sites excluding steroid dienone is 1. The van der Waals surface area contributed by atoms with Gasteiger partial charge in [0.05, 0.1) is 29.0 Å². The number of aryl methyl sites for hydroxylation is 1. The molecule has 3 saturated heterocycles. The number of para-hydroxylation sites is 1. The second-order valence-corrected chi connectivity index (χ2v) is 18.1. The Hall–Kier alpha value is -6.13. The molecule has 4 aliphatic heterocycles. The fourth-order valence-electron chi connectivity index (χ4n) is 10.00. The fourth-order valence-corrected chi connectivity index (χ4v) is 10.00. The van der Waals surface area contributed by atoms with Gasteiger partial charge in [-0.05, 0) is 114 Å². The summed E-state index contributed by atoms with van der Waals surface area (Å²) in [6.45, 7) is 13.1. The molecule has 2 aromatic carbocycles. The number of piperidine rings is 3. The van der Waals surface area contributed by atoms with Gasteiger partial charge in [0.1, 0.15) is 23.0 Å². The number of nitrogens with zero attached hydrogens (tertiary/aromatic N) is 9. The summed E-state index contributed by atoms with van der Waals surface area (Å²) in [5, 5.41) is 20.4. The van der Waals surface area contributed by atoms with Crippen molar-refractivity contribution in [3.05, 3.63) is 105 Å². The average molecular weight is 857 g/mol. The summed E-state index contributed by atoms with van der Waals surface area (Å²) in [5.41, 5.74) is 4.33. The Kier molecular flexibility index (Phi) is 11.5. The van der Waals surface area contributed by atoms with E-state index in [1.54, 1.807) is 50.7 Å². The largest absolute Gasteiger partial charge is 0.384 e. The van der Waals surface area contributed by atoms with Crippen LogP contribution in [0.4, 0.5) is 22.9 Å². The molecular formula is C47H60N12O4. The summed E-state index contributed by atoms with van der Waals surface area (Å²) >= 11 is 0. The molecule has 3 fully saturated rings. The predicted molar refractivity (Wildman–Crippen MR) is 250 cm³/mol. The first-order valence-electron chi connectivity index (χ1n) is 22.4. The van der Waals surface area contributed by atoms with Gasteiger partial charge >= 0.3 is 5.69 Å². The van der Waals surface area contributed by atoms with Crippen molar-refractivity contribution in [2.45, 2.75) is 82.9 Å². The number of aliphatic imine (C=N–C) groups is 1. The van der Waals surface area contributed by atoms with E-state index in [-0.39, 0.29) is 23.7 Å². The van der Waals surface area contributed by atoms with Gasteiger partial charge in [-0.2, -0.15) is 0 Å². The Balaban J connectivity index is 0.779. The van der Waals surface area contributed by atoms with Crippen LogP contribution in [0, 0.1) is 5.92 Å². The summed E-state index contributed by atoms with van der Waals surface area (Å²) in [5.74, 6) is 1.63. The van der Waals surface area contributed by atoms with E-state index >= 15 is 0 Å². The zero-order valence-electron chi connectivity index (χ0n) is 36.8. The van der Waals surface area contributed by atoms with Gasteiger partial charge in [0.25, 0.3) is 5.56 Å². The molecule has 0 aliphatic carbocycles. The number of rotatable bonds is 12. The summed E-state index contributed by atoms with van der Waals surface area (Å²) < 4.78 is 6.73. The van der Waals surface area contributed by atoms with E-state index in [0.717, 1.165) is 87.2 Å². The molecule has 16 heteroatoms. The van der Waals surface area contributed by atoms with Crippen LogP contribution in [0.5, 0.6) is 0 Å². The number of nitrogens with one attached hydrogen (secondary N) is 3. The lowest BCUT2D eigenvalue weighted by molar-refractivity contribution is -0.125. The molecule has 16 nitrogen and oxygen atoms in total. The van der Waals surface area contributed by atoms with Crippen LogP contribution < -0.4 is 37.0 Å². The van der Waals surface area contributed by atoms with Gasteiger partial charge in [-0.3, -0.25) is 18.7 Å². The number of aliphatic hydroxyl groups is 1. The van der Waals surface area contributed by atoms with E-state index in [0.29, 0.717) is 47.8 Å². The number of carbonyl (C=O) groups excluding carboxylic acids is 1. The monoisotopic (exact) mass is 856 g/mol. The normalized spacial score (nSPS) is 19.9. The van der Waals surface area contributed by atoms with Crippen molar-refractivity contribution in [3.63, 3.8) is 0 Å². The van der Waals surface area contributed by atoms with Crippen LogP contribution in [0.2, 0.25) is 0 Å². The molecule has 0 radical (unpaired) electrons. The van der Waals surface area contributed by atoms with E-state index in [2.05, 4.69) is 79.6 Å². The van der Waals surface area contributed by atoms with Gasteiger partial charge < -0.3 is 35.8 Å². The van der Waals surface area contributed by atoms with Gasteiger partial charge in [0.2, 0.25) is 5.91 Å². The number of hydrogen-bond acceptors (Lipinski definition) is 11. The smallest absolute Gasteiger partial charge is 0.329 e. The van der Waals surface area contributed by atoms with Crippen molar-refractivity contribution >= 4 is 46.0 Å². The Morgan fingerprint density at radius 1 is 0.952 bits per heavy atom. The van der Waals surface area contributed by atoms with Crippen molar-refractivity contribution < 1.29 is 9.90 Å². The zero-order chi connectivity index (χ0) is 44.0. The second-order valence-electron chi connectivity index (χ2n) is 18.1. The molecule has 0 spiro atoms. The minimum Gasteiger partial charge on any atom is -0.384 e. The summed E-state index contributed by atoms with van der Waals surface area (Å²) in [7, 11) is 4.11. The van der Waals surface area contributed by atoms with Crippen molar-refractivity contribution in [2.75, 3.05) is 66.7 Å². The molecule has 0 bridgehead atoms. The van der Waals surface area contributed by atoms with Gasteiger partial charge in [0.15, 0.2) is 12.1 Å². The van der Waals surface area contributed by atoms with Crippen molar-refractivity contribution in [1.29, 1.82) is 0 Å². The molecular weight excluding hydrogens is 797 g/mol. The quantitative estimate of drug-likeness (QED) is 0.131. The number of benzene rings is 2. The lowest BCUT2D eigenvalue weighted by atomic mass is 9.94. The highest BCUT2D eigenvalue weighted by atomic mass is 16.3. The van der Waals surface area contributed by atoms with E-state index in [4.69, 9.17) is 4.98 Å². The minimum atomic E-state index is -1.15. The standard InChI is InChI=1S/C47H60N12O4/c1-6-24-57-44(61)35-29-49-45(52-42(35)59(57)40-14-8-13-39(51-40)47(2,3)63)50-32-15-17-34(18-16-32)55-25-19-31(20-26-55)30-53(4)33-21-27-56(28-22-33)36-10-7-11-37-41(36)54(5)46(62)58(37)38-12-9-23-48-43(38)60/h6-8,10-11,13-18,29,31,33,38,45,50,52,63H,1,9,12,19-28,30H2,2-5H3,(H,48,60). The maximum Gasteiger partial charge on any atom is 0.329 e. The second kappa shape index (κ2) is 17.2. The number of aromatic nitrogens is 5. The molecule has 5 aromatic rings. The summed E-state index contributed by atoms with van der Waals surface area (Å²) in [6, 6.07) is 20.0. The Bertz CT molecular complexity index is 2630. The molecule has 9 rings (SSSR count). The minimum absolute atomic E-state index is 0.0688. The molecule has 2 atom stereocenters. The van der Waals surface area contributed by atoms with Crippen LogP contribution in [0.1, 0.15) is 69.7 Å². The lowest BCUT2D eigenvalue weighted by Crippen LogP contribution is -2.46. The molecule has 4 N–H and O–H groups in total. The van der Waals surface area contributed by atoms with E-state index in [1.807, 2.05) is 31.3 Å². The fraction of sp³-hybridized carbons (Fsp3) is 0.468. The highest BCUT2D eigenvalue weighted by Crippen LogP contribution is 2.33. The van der Waals surface area contributed by atoms with Crippen LogP contribution in [0.15, 0.2) is 87.9 Å². The van der Waals surface area contributed by atoms with Gasteiger partial charge in [-0.15, -0.1) is 6.58 Å². The van der Waals surface area contributed by atoms with Crippen LogP contribution in [0.25, 0.3) is 16.9 Å². The summed E-state index contributed by atoms with van der Waals surface area (Å²) in [6.07, 6.45) is 8.69. The van der Waals surface area contributed by atoms with Crippen LogP contribution in [-0.4, -0.2) is 104 Å². The molecule has 7 heterocycles. The predicted octanol–water partition coefficient (Wildman–Crippen LogP) is 4.61. The van der Waals surface area contributed by atoms with Gasteiger partial charge in [0, 0.05) is 69.9 Å². The van der Waals surface area contributed by atoms with Crippen LogP contribution in [-0.2, 0) is 24.0 Å². The molecule has 332 valence electrons. The Morgan fingerprint density at radius 2 is 1.68 bits per heavy atom. The third kappa shape index (κ3) is 8.17. The number of hydrogen-bond donors (Lipinski definition) is 4. The number of carbonyl (C=O) groups is 1. The maximum absolute atomic E-state index is 13.5. The summed E-state index contributed by atoms with van der Waals surface area (Å²) in [4.78, 5) is 56.5. The van der Waals surface area contributed by atoms with Crippen LogP contribution in [0.3, 0.4) is 0 Å². The Labute approximate surface area is 367 Å². The van der Waals surface area contributed by atoms with E-state index in [9.17, 15) is 19.5 Å². The first-order chi connectivity index (χ1) is 30.4. The number of fused-ring (bicyclic) bond motifs is 2. The molecule has 0 saturated carbocycles. The van der Waals surface area contributed by atoms with Gasteiger partial charge in [-0.25, -0.2) is 24.1 Å². The van der Waals surface area contributed by atoms with E-state index in [1.165, 1.54) is 5.69 Å². The van der Waals surface area contributed by atoms with E-state index < -0.39 is 17.9 Å². The first-order valence-corrected chi connectivity index (χ1v) is 22.4. The third-order valence-corrected chi connectivity index (χ3v) is 13.5. The first kappa shape index (κ1) is 42.2. The van der Waals surface area contributed by atoms with Gasteiger partial charge in [-0.1, -0.05) is 18.2 Å². The SMILES string of the molecule is C=CCn1c(=O)c2c(n1-c1cccc(C(C)(C)O)n1)NC(Nc1ccc(N3CCC(CN(C)C4CCN(c5cccc6c5n(C)c(=O)n6C5CCCNC5=O)CC4)CC3)cc1)N=C2. The topological polar surface area (TPSA) is 162 Å². The zero-order valence-corrected chi connectivity index (χ0v) is 36.8. The molecule has 1 amide bonds. The highest BCUT2D eigenvalue weighted by molar-refractivity contribution is 5.92. The lowest BCUT2D eigenvalue weighted by Gasteiger charge is -2.41. The number of pyridine rings is 1. The number of anilines is 4. The average Bonchev–Trinajstić information content (AvgIpc) is 3.71. The third-order valence-electron chi connectivity index (χ3n) is 13.5. The van der Waals surface area contributed by atoms with Crippen LogP contribution >= 0.6 is 0 Å². The molecule has 2 unspecified atom stereocenters. The van der Waals surface area contributed by atoms with Crippen molar-refractivity contribution in [2.24, 2.45) is 18.0 Å². The van der Waals surface area contributed by atoms with Crippen molar-refractivity contribution in [3.8, 4) is 5.82 Å². The highest BCUT2D eigenvalue weighted by Gasteiger charge is 2.32. The number of amides is 1. The maximum atomic E-state index is 13.5. The molecule has 4 aliphatic rings. The van der Waals surface area contributed by atoms with Crippen molar-refractivity contribution in [1.82, 2.24) is 33.7 Å². The Morgan fingerprint density at radius 3 is 2.40 bits per heavy atom. The number of imidazole rings is 1.